The van der Waals surface area contributed by atoms with Crippen LogP contribution in [0.15, 0.2) is 41.4 Å². The molecule has 0 unspecified atom stereocenters. The van der Waals surface area contributed by atoms with E-state index in [2.05, 4.69) is 15.0 Å². The molecule has 1 aromatic heterocycles. The van der Waals surface area contributed by atoms with Crippen LogP contribution in [0, 0.1) is 12.7 Å². The van der Waals surface area contributed by atoms with Crippen LogP contribution in [0.4, 0.5) is 15.9 Å². The number of anilines is 2. The highest BCUT2D eigenvalue weighted by molar-refractivity contribution is 7.92. The Morgan fingerprint density at radius 3 is 2.62 bits per heavy atom. The van der Waals surface area contributed by atoms with E-state index in [1.807, 2.05) is 6.92 Å². The number of benzene rings is 1. The van der Waals surface area contributed by atoms with E-state index in [1.165, 1.54) is 24.4 Å². The topological polar surface area (TPSA) is 71.1 Å². The van der Waals surface area contributed by atoms with Gasteiger partial charge >= 0.3 is 0 Å². The molecule has 0 spiro atoms. The Balaban J connectivity index is 2.27. The molecule has 5 nitrogen and oxygen atoms in total. The number of aromatic nitrogens is 1. The van der Waals surface area contributed by atoms with Crippen molar-refractivity contribution in [2.24, 2.45) is 0 Å². The van der Waals surface area contributed by atoms with Gasteiger partial charge in [-0.25, -0.2) is 17.8 Å². The lowest BCUT2D eigenvalue weighted by Gasteiger charge is -2.11. The van der Waals surface area contributed by atoms with Crippen LogP contribution in [0.1, 0.15) is 12.5 Å². The monoisotopic (exact) mass is 309 g/mol. The number of hydrogen-bond acceptors (Lipinski definition) is 4. The average molecular weight is 309 g/mol. The van der Waals surface area contributed by atoms with Crippen LogP contribution in [-0.4, -0.2) is 19.9 Å². The van der Waals surface area contributed by atoms with Crippen molar-refractivity contribution in [1.82, 2.24) is 4.98 Å². The predicted octanol–water partition coefficient (Wildman–Crippen LogP) is 2.76. The molecule has 0 aliphatic carbocycles. The molecule has 0 fully saturated rings. The van der Waals surface area contributed by atoms with Crippen LogP contribution in [0.25, 0.3) is 0 Å². The Morgan fingerprint density at radius 1 is 1.24 bits per heavy atom. The van der Waals surface area contributed by atoms with E-state index < -0.39 is 15.8 Å². The molecule has 21 heavy (non-hydrogen) atoms. The molecule has 2 rings (SSSR count). The smallest absolute Gasteiger partial charge is 0.263 e. The lowest BCUT2D eigenvalue weighted by atomic mass is 10.2. The van der Waals surface area contributed by atoms with Crippen molar-refractivity contribution in [2.75, 3.05) is 16.6 Å². The van der Waals surface area contributed by atoms with Crippen molar-refractivity contribution >= 4 is 21.5 Å². The standard InChI is InChI=1S/C14H16FN3O2S/c1-3-16-14-7-6-12(9-17-14)21(19,20)18-13-8-11(15)5-4-10(13)2/h4-9,18H,3H2,1-2H3,(H,16,17). The quantitative estimate of drug-likeness (QED) is 0.891. The fraction of sp³-hybridized carbons (Fsp3) is 0.214. The highest BCUT2D eigenvalue weighted by Gasteiger charge is 2.16. The summed E-state index contributed by atoms with van der Waals surface area (Å²) in [7, 11) is -3.79. The third-order valence-corrected chi connectivity index (χ3v) is 4.20. The van der Waals surface area contributed by atoms with Gasteiger partial charge in [0.1, 0.15) is 16.5 Å². The van der Waals surface area contributed by atoms with E-state index in [1.54, 1.807) is 13.0 Å². The second-order valence-electron chi connectivity index (χ2n) is 4.47. The number of halogens is 1. The lowest BCUT2D eigenvalue weighted by Crippen LogP contribution is -2.14. The third kappa shape index (κ3) is 3.69. The van der Waals surface area contributed by atoms with Gasteiger partial charge in [0.25, 0.3) is 10.0 Å². The first kappa shape index (κ1) is 15.2. The molecule has 1 aromatic carbocycles. The Bertz CT molecular complexity index is 730. The molecule has 1 heterocycles. The van der Waals surface area contributed by atoms with Crippen LogP contribution in [0.2, 0.25) is 0 Å². The first-order valence-electron chi connectivity index (χ1n) is 6.41. The summed E-state index contributed by atoms with van der Waals surface area (Å²) in [5, 5.41) is 2.98. The minimum absolute atomic E-state index is 0.0211. The van der Waals surface area contributed by atoms with Crippen LogP contribution < -0.4 is 10.0 Å². The zero-order chi connectivity index (χ0) is 15.5. The first-order valence-corrected chi connectivity index (χ1v) is 7.89. The van der Waals surface area contributed by atoms with E-state index in [0.29, 0.717) is 17.9 Å². The predicted molar refractivity (Wildman–Crippen MR) is 80.3 cm³/mol. The van der Waals surface area contributed by atoms with E-state index in [4.69, 9.17) is 0 Å². The summed E-state index contributed by atoms with van der Waals surface area (Å²) in [5.41, 5.74) is 0.850. The molecular formula is C14H16FN3O2S. The van der Waals surface area contributed by atoms with Gasteiger partial charge in [-0.2, -0.15) is 0 Å². The number of aryl methyl sites for hydroxylation is 1. The van der Waals surface area contributed by atoms with E-state index in [9.17, 15) is 12.8 Å². The molecule has 0 aliphatic rings. The van der Waals surface area contributed by atoms with Crippen molar-refractivity contribution in [3.8, 4) is 0 Å². The summed E-state index contributed by atoms with van der Waals surface area (Å²) < 4.78 is 40.1. The molecule has 112 valence electrons. The maximum atomic E-state index is 13.2. The number of sulfonamides is 1. The summed E-state index contributed by atoms with van der Waals surface area (Å²) in [6.07, 6.45) is 1.26. The van der Waals surface area contributed by atoms with Crippen molar-refractivity contribution in [3.63, 3.8) is 0 Å². The number of nitrogens with one attached hydrogen (secondary N) is 2. The second-order valence-corrected chi connectivity index (χ2v) is 6.16. The molecule has 0 amide bonds. The van der Waals surface area contributed by atoms with Gasteiger partial charge in [-0.15, -0.1) is 0 Å². The third-order valence-electron chi connectivity index (χ3n) is 2.85. The van der Waals surface area contributed by atoms with Crippen LogP contribution in [0.3, 0.4) is 0 Å². The Kier molecular flexibility index (Phi) is 4.42. The first-order chi connectivity index (χ1) is 9.92. The number of hydrogen-bond donors (Lipinski definition) is 2. The molecular weight excluding hydrogens is 293 g/mol. The van der Waals surface area contributed by atoms with Gasteiger partial charge in [-0.1, -0.05) is 6.07 Å². The molecule has 0 atom stereocenters. The van der Waals surface area contributed by atoms with Gasteiger partial charge in [-0.3, -0.25) is 4.72 Å². The molecule has 0 radical (unpaired) electrons. The molecule has 0 saturated carbocycles. The fourth-order valence-electron chi connectivity index (χ4n) is 1.73. The van der Waals surface area contributed by atoms with Gasteiger partial charge in [-0.05, 0) is 43.7 Å². The Labute approximate surface area is 123 Å². The maximum absolute atomic E-state index is 13.2. The van der Waals surface area contributed by atoms with Gasteiger partial charge < -0.3 is 5.32 Å². The van der Waals surface area contributed by atoms with Crippen molar-refractivity contribution in [1.29, 1.82) is 0 Å². The summed E-state index contributed by atoms with van der Waals surface area (Å²) in [6.45, 7) is 4.31. The minimum atomic E-state index is -3.79. The highest BCUT2D eigenvalue weighted by Crippen LogP contribution is 2.20. The van der Waals surface area contributed by atoms with Gasteiger partial charge in [0.05, 0.1) is 5.69 Å². The molecule has 0 saturated heterocycles. The van der Waals surface area contributed by atoms with Crippen LogP contribution in [0.5, 0.6) is 0 Å². The fourth-order valence-corrected chi connectivity index (χ4v) is 2.80. The number of pyridine rings is 1. The van der Waals surface area contributed by atoms with Gasteiger partial charge in [0.2, 0.25) is 0 Å². The Hall–Kier alpha value is -2.15. The molecule has 7 heteroatoms. The van der Waals surface area contributed by atoms with E-state index >= 15 is 0 Å². The summed E-state index contributed by atoms with van der Waals surface area (Å²) in [6, 6.07) is 6.96. The lowest BCUT2D eigenvalue weighted by molar-refractivity contribution is 0.600. The molecule has 2 aromatic rings. The SMILES string of the molecule is CCNc1ccc(S(=O)(=O)Nc2cc(F)ccc2C)cn1. The number of rotatable bonds is 5. The molecule has 2 N–H and O–H groups in total. The highest BCUT2D eigenvalue weighted by atomic mass is 32.2. The Morgan fingerprint density at radius 2 is 2.00 bits per heavy atom. The van der Waals surface area contributed by atoms with E-state index in [0.717, 1.165) is 6.07 Å². The number of nitrogens with zero attached hydrogens (tertiary/aromatic N) is 1. The second kappa shape index (κ2) is 6.09. The minimum Gasteiger partial charge on any atom is -0.370 e. The van der Waals surface area contributed by atoms with E-state index in [-0.39, 0.29) is 10.6 Å². The largest absolute Gasteiger partial charge is 0.370 e. The summed E-state index contributed by atoms with van der Waals surface area (Å²) in [5.74, 6) is 0.0947. The van der Waals surface area contributed by atoms with Crippen molar-refractivity contribution in [3.05, 3.63) is 47.9 Å². The zero-order valence-corrected chi connectivity index (χ0v) is 12.5. The van der Waals surface area contributed by atoms with Gasteiger partial charge in [0.15, 0.2) is 0 Å². The zero-order valence-electron chi connectivity index (χ0n) is 11.7. The van der Waals surface area contributed by atoms with Crippen molar-refractivity contribution < 1.29 is 12.8 Å². The molecule has 0 bridgehead atoms. The van der Waals surface area contributed by atoms with Crippen LogP contribution in [-0.2, 0) is 10.0 Å². The maximum Gasteiger partial charge on any atom is 0.263 e. The van der Waals surface area contributed by atoms with Gasteiger partial charge in [0, 0.05) is 12.7 Å². The summed E-state index contributed by atoms with van der Waals surface area (Å²) >= 11 is 0. The average Bonchev–Trinajstić information content (AvgIpc) is 2.44. The van der Waals surface area contributed by atoms with Crippen molar-refractivity contribution in [2.45, 2.75) is 18.7 Å². The molecule has 0 aliphatic heterocycles. The normalized spacial score (nSPS) is 11.2. The van der Waals surface area contributed by atoms with Crippen LogP contribution >= 0.6 is 0 Å². The summed E-state index contributed by atoms with van der Waals surface area (Å²) in [4.78, 5) is 4.03.